The summed E-state index contributed by atoms with van der Waals surface area (Å²) in [6.45, 7) is 4.25. The second-order valence-corrected chi connectivity index (χ2v) is 3.67. The standard InChI is InChI=1S/C13H18O3/c1-3-4-5-12-6-8-13(9-7-12)16-11(2)15-10-14/h6-11H,3-5H2,1-2H3. The van der Waals surface area contributed by atoms with Gasteiger partial charge in [-0.1, -0.05) is 25.5 Å². The van der Waals surface area contributed by atoms with Crippen LogP contribution in [0, 0.1) is 0 Å². The van der Waals surface area contributed by atoms with E-state index in [1.54, 1.807) is 6.92 Å². The first kappa shape index (κ1) is 12.6. The van der Waals surface area contributed by atoms with Crippen molar-refractivity contribution in [2.75, 3.05) is 0 Å². The van der Waals surface area contributed by atoms with Gasteiger partial charge in [-0.05, 0) is 30.5 Å². The highest BCUT2D eigenvalue weighted by atomic mass is 16.7. The number of aryl methyl sites for hydroxylation is 1. The molecule has 3 nitrogen and oxygen atoms in total. The van der Waals surface area contributed by atoms with Gasteiger partial charge >= 0.3 is 0 Å². The average Bonchev–Trinajstić information content (AvgIpc) is 2.28. The van der Waals surface area contributed by atoms with E-state index in [0.717, 1.165) is 12.2 Å². The van der Waals surface area contributed by atoms with Crippen molar-refractivity contribution >= 4 is 6.47 Å². The van der Waals surface area contributed by atoms with Crippen molar-refractivity contribution in [1.82, 2.24) is 0 Å². The maximum atomic E-state index is 10.1. The second kappa shape index (κ2) is 6.88. The fourth-order valence-electron chi connectivity index (χ4n) is 1.41. The van der Waals surface area contributed by atoms with E-state index in [-0.39, 0.29) is 0 Å². The number of hydrogen-bond acceptors (Lipinski definition) is 3. The van der Waals surface area contributed by atoms with Gasteiger partial charge in [0.15, 0.2) is 0 Å². The number of rotatable bonds is 7. The van der Waals surface area contributed by atoms with Crippen molar-refractivity contribution in [3.05, 3.63) is 29.8 Å². The first-order valence-electron chi connectivity index (χ1n) is 5.61. The molecular formula is C13H18O3. The quantitative estimate of drug-likeness (QED) is 0.525. The van der Waals surface area contributed by atoms with Crippen LogP contribution in [-0.4, -0.2) is 12.8 Å². The highest BCUT2D eigenvalue weighted by Crippen LogP contribution is 2.15. The molecule has 0 amide bonds. The molecule has 0 aromatic heterocycles. The van der Waals surface area contributed by atoms with Crippen molar-refractivity contribution in [3.63, 3.8) is 0 Å². The summed E-state index contributed by atoms with van der Waals surface area (Å²) in [6, 6.07) is 7.88. The van der Waals surface area contributed by atoms with Gasteiger partial charge < -0.3 is 9.47 Å². The Morgan fingerprint density at radius 2 is 2.00 bits per heavy atom. The molecule has 1 unspecified atom stereocenters. The lowest BCUT2D eigenvalue weighted by molar-refractivity contribution is -0.145. The highest BCUT2D eigenvalue weighted by Gasteiger charge is 2.02. The zero-order chi connectivity index (χ0) is 11.8. The molecule has 1 aromatic rings. The van der Waals surface area contributed by atoms with Gasteiger partial charge in [-0.25, -0.2) is 0 Å². The molecule has 0 fully saturated rings. The second-order valence-electron chi connectivity index (χ2n) is 3.67. The van der Waals surface area contributed by atoms with Crippen LogP contribution in [0.5, 0.6) is 5.75 Å². The monoisotopic (exact) mass is 222 g/mol. The predicted octanol–water partition coefficient (Wildman–Crippen LogP) is 2.93. The molecule has 0 saturated heterocycles. The molecule has 1 aromatic carbocycles. The Hall–Kier alpha value is -1.51. The summed E-state index contributed by atoms with van der Waals surface area (Å²) in [4.78, 5) is 10.1. The smallest absolute Gasteiger partial charge is 0.296 e. The fraction of sp³-hybridized carbons (Fsp3) is 0.462. The molecule has 1 rings (SSSR count). The molecule has 88 valence electrons. The fourth-order valence-corrected chi connectivity index (χ4v) is 1.41. The first-order valence-corrected chi connectivity index (χ1v) is 5.61. The highest BCUT2D eigenvalue weighted by molar-refractivity contribution is 5.37. The topological polar surface area (TPSA) is 35.5 Å². The Morgan fingerprint density at radius 1 is 1.31 bits per heavy atom. The van der Waals surface area contributed by atoms with E-state index in [9.17, 15) is 4.79 Å². The minimum absolute atomic E-state index is 0.389. The van der Waals surface area contributed by atoms with Crippen LogP contribution < -0.4 is 4.74 Å². The minimum atomic E-state index is -0.543. The third-order valence-electron chi connectivity index (χ3n) is 2.29. The Kier molecular flexibility index (Phi) is 5.40. The molecule has 0 saturated carbocycles. The van der Waals surface area contributed by atoms with Gasteiger partial charge in [0.2, 0.25) is 6.29 Å². The zero-order valence-electron chi connectivity index (χ0n) is 9.81. The van der Waals surface area contributed by atoms with Crippen LogP contribution in [0.1, 0.15) is 32.3 Å². The van der Waals surface area contributed by atoms with Gasteiger partial charge in [-0.15, -0.1) is 0 Å². The van der Waals surface area contributed by atoms with E-state index in [0.29, 0.717) is 6.47 Å². The molecule has 0 heterocycles. The van der Waals surface area contributed by atoms with E-state index < -0.39 is 6.29 Å². The number of carbonyl (C=O) groups is 1. The van der Waals surface area contributed by atoms with Crippen LogP contribution >= 0.6 is 0 Å². The molecule has 0 radical (unpaired) electrons. The summed E-state index contributed by atoms with van der Waals surface area (Å²) < 4.78 is 10.00. The minimum Gasteiger partial charge on any atom is -0.455 e. The lowest BCUT2D eigenvalue weighted by Crippen LogP contribution is -2.15. The van der Waals surface area contributed by atoms with Crippen LogP contribution in [0.4, 0.5) is 0 Å². The van der Waals surface area contributed by atoms with Crippen LogP contribution in [-0.2, 0) is 16.0 Å². The van der Waals surface area contributed by atoms with E-state index in [4.69, 9.17) is 4.74 Å². The Bertz CT molecular complexity index is 305. The third kappa shape index (κ3) is 4.34. The van der Waals surface area contributed by atoms with Crippen molar-refractivity contribution in [2.24, 2.45) is 0 Å². The van der Waals surface area contributed by atoms with Gasteiger partial charge in [-0.2, -0.15) is 0 Å². The molecule has 0 bridgehead atoms. The average molecular weight is 222 g/mol. The van der Waals surface area contributed by atoms with Crippen LogP contribution in [0.15, 0.2) is 24.3 Å². The van der Waals surface area contributed by atoms with Crippen molar-refractivity contribution in [1.29, 1.82) is 0 Å². The number of benzene rings is 1. The summed E-state index contributed by atoms with van der Waals surface area (Å²) in [5.74, 6) is 0.717. The molecular weight excluding hydrogens is 204 g/mol. The van der Waals surface area contributed by atoms with Crippen LogP contribution in [0.3, 0.4) is 0 Å². The SMILES string of the molecule is CCCCc1ccc(OC(C)OC=O)cc1. The number of hydrogen-bond donors (Lipinski definition) is 0. The van der Waals surface area contributed by atoms with Gasteiger partial charge in [0.25, 0.3) is 6.47 Å². The maximum Gasteiger partial charge on any atom is 0.296 e. The van der Waals surface area contributed by atoms with Crippen LogP contribution in [0.25, 0.3) is 0 Å². The summed E-state index contributed by atoms with van der Waals surface area (Å²) in [5, 5.41) is 0. The van der Waals surface area contributed by atoms with Gasteiger partial charge in [-0.3, -0.25) is 4.79 Å². The van der Waals surface area contributed by atoms with Crippen LogP contribution in [0.2, 0.25) is 0 Å². The van der Waals surface area contributed by atoms with Crippen molar-refractivity contribution < 1.29 is 14.3 Å². The Balaban J connectivity index is 2.47. The van der Waals surface area contributed by atoms with Crippen molar-refractivity contribution in [3.8, 4) is 5.75 Å². The Labute approximate surface area is 96.4 Å². The van der Waals surface area contributed by atoms with E-state index in [1.807, 2.05) is 24.3 Å². The van der Waals surface area contributed by atoms with Gasteiger partial charge in [0.05, 0.1) is 0 Å². The van der Waals surface area contributed by atoms with E-state index in [1.165, 1.54) is 18.4 Å². The summed E-state index contributed by atoms with van der Waals surface area (Å²) in [5.41, 5.74) is 1.30. The molecule has 0 spiro atoms. The number of unbranched alkanes of at least 4 members (excludes halogenated alkanes) is 1. The van der Waals surface area contributed by atoms with Gasteiger partial charge in [0.1, 0.15) is 5.75 Å². The molecule has 1 atom stereocenters. The predicted molar refractivity (Wildman–Crippen MR) is 62.3 cm³/mol. The largest absolute Gasteiger partial charge is 0.455 e. The number of ether oxygens (including phenoxy) is 2. The number of carbonyl (C=O) groups excluding carboxylic acids is 1. The van der Waals surface area contributed by atoms with Gasteiger partial charge in [0, 0.05) is 6.92 Å². The van der Waals surface area contributed by atoms with E-state index in [2.05, 4.69) is 11.7 Å². The maximum absolute atomic E-state index is 10.1. The zero-order valence-corrected chi connectivity index (χ0v) is 9.81. The normalized spacial score (nSPS) is 11.9. The molecule has 0 N–H and O–H groups in total. The molecule has 0 aliphatic heterocycles. The summed E-state index contributed by atoms with van der Waals surface area (Å²) in [7, 11) is 0. The molecule has 0 aliphatic rings. The lowest BCUT2D eigenvalue weighted by Gasteiger charge is -2.12. The summed E-state index contributed by atoms with van der Waals surface area (Å²) >= 11 is 0. The lowest BCUT2D eigenvalue weighted by atomic mass is 10.1. The van der Waals surface area contributed by atoms with Crippen molar-refractivity contribution in [2.45, 2.75) is 39.4 Å². The molecule has 16 heavy (non-hydrogen) atoms. The Morgan fingerprint density at radius 3 is 2.56 bits per heavy atom. The third-order valence-corrected chi connectivity index (χ3v) is 2.29. The summed E-state index contributed by atoms with van der Waals surface area (Å²) in [6.07, 6.45) is 2.95. The molecule has 3 heteroatoms. The van der Waals surface area contributed by atoms with E-state index >= 15 is 0 Å². The molecule has 0 aliphatic carbocycles. The first-order chi connectivity index (χ1) is 7.76.